The Bertz CT molecular complexity index is 322. The second-order valence-electron chi connectivity index (χ2n) is 3.94. The Morgan fingerprint density at radius 3 is 2.62 bits per heavy atom. The van der Waals surface area contributed by atoms with Crippen molar-refractivity contribution in [2.45, 2.75) is 25.7 Å². The second-order valence-corrected chi connectivity index (χ2v) is 4.35. The van der Waals surface area contributed by atoms with Crippen LogP contribution in [-0.2, 0) is 0 Å². The minimum Gasteiger partial charge on any atom is -0.398 e. The van der Waals surface area contributed by atoms with E-state index in [4.69, 9.17) is 17.3 Å². The number of anilines is 1. The Morgan fingerprint density at radius 1 is 1.38 bits per heavy atom. The average molecular weight is 196 g/mol. The van der Waals surface area contributed by atoms with Gasteiger partial charge in [-0.05, 0) is 42.4 Å². The van der Waals surface area contributed by atoms with Crippen LogP contribution in [0.1, 0.15) is 31.2 Å². The summed E-state index contributed by atoms with van der Waals surface area (Å²) in [5, 5.41) is 0.663. The zero-order valence-electron chi connectivity index (χ0n) is 7.76. The highest BCUT2D eigenvalue weighted by atomic mass is 35.5. The molecule has 1 fully saturated rings. The van der Waals surface area contributed by atoms with Crippen LogP contribution in [0.15, 0.2) is 18.2 Å². The van der Waals surface area contributed by atoms with E-state index in [-0.39, 0.29) is 0 Å². The van der Waals surface area contributed by atoms with Crippen LogP contribution in [0.3, 0.4) is 0 Å². The molecule has 0 bridgehead atoms. The highest BCUT2D eigenvalue weighted by molar-refractivity contribution is 6.33. The van der Waals surface area contributed by atoms with Gasteiger partial charge in [-0.15, -0.1) is 0 Å². The van der Waals surface area contributed by atoms with Gasteiger partial charge in [0.2, 0.25) is 0 Å². The third-order valence-electron chi connectivity index (χ3n) is 3.07. The molecule has 1 aliphatic carbocycles. The van der Waals surface area contributed by atoms with Gasteiger partial charge < -0.3 is 5.73 Å². The zero-order chi connectivity index (χ0) is 9.42. The topological polar surface area (TPSA) is 26.0 Å². The molecule has 2 atom stereocenters. The fourth-order valence-electron chi connectivity index (χ4n) is 1.95. The van der Waals surface area contributed by atoms with E-state index in [1.54, 1.807) is 0 Å². The van der Waals surface area contributed by atoms with Gasteiger partial charge >= 0.3 is 0 Å². The van der Waals surface area contributed by atoms with Gasteiger partial charge in [-0.3, -0.25) is 0 Å². The number of hydrogen-bond acceptors (Lipinski definition) is 1. The first-order valence-electron chi connectivity index (χ1n) is 4.73. The minimum atomic E-state index is 0.663. The van der Waals surface area contributed by atoms with Gasteiger partial charge in [0.15, 0.2) is 0 Å². The highest BCUT2D eigenvalue weighted by Gasteiger charge is 2.28. The molecule has 1 saturated carbocycles. The zero-order valence-corrected chi connectivity index (χ0v) is 8.51. The van der Waals surface area contributed by atoms with Crippen molar-refractivity contribution in [2.75, 3.05) is 5.73 Å². The van der Waals surface area contributed by atoms with Crippen molar-refractivity contribution in [3.63, 3.8) is 0 Å². The number of nitrogen functional groups attached to an aromatic ring is 1. The summed E-state index contributed by atoms with van der Waals surface area (Å²) in [6.07, 6.45) is 2.63. The molecule has 1 aliphatic rings. The number of rotatable bonds is 1. The molecule has 13 heavy (non-hydrogen) atoms. The van der Waals surface area contributed by atoms with Gasteiger partial charge in [0, 0.05) is 0 Å². The molecule has 1 nitrogen and oxygen atoms in total. The van der Waals surface area contributed by atoms with Crippen molar-refractivity contribution in [3.8, 4) is 0 Å². The molecule has 1 aromatic carbocycles. The van der Waals surface area contributed by atoms with Crippen molar-refractivity contribution in [1.82, 2.24) is 0 Å². The minimum absolute atomic E-state index is 0.663. The summed E-state index contributed by atoms with van der Waals surface area (Å²) in [5.74, 6) is 1.51. The van der Waals surface area contributed by atoms with Crippen LogP contribution >= 0.6 is 11.6 Å². The number of hydrogen-bond donors (Lipinski definition) is 1. The third-order valence-corrected chi connectivity index (χ3v) is 3.41. The number of nitrogens with two attached hydrogens (primary N) is 1. The third kappa shape index (κ3) is 1.53. The largest absolute Gasteiger partial charge is 0.398 e. The van der Waals surface area contributed by atoms with Gasteiger partial charge in [-0.1, -0.05) is 24.6 Å². The van der Waals surface area contributed by atoms with E-state index in [0.717, 1.165) is 5.92 Å². The molecule has 0 spiro atoms. The molecule has 2 N–H and O–H groups in total. The van der Waals surface area contributed by atoms with E-state index in [1.807, 2.05) is 12.1 Å². The Labute approximate surface area is 83.9 Å². The van der Waals surface area contributed by atoms with Crippen molar-refractivity contribution < 1.29 is 0 Å². The van der Waals surface area contributed by atoms with Crippen LogP contribution in [-0.4, -0.2) is 0 Å². The van der Waals surface area contributed by atoms with E-state index in [9.17, 15) is 0 Å². The van der Waals surface area contributed by atoms with Gasteiger partial charge in [-0.2, -0.15) is 0 Å². The predicted molar refractivity (Wildman–Crippen MR) is 57.0 cm³/mol. The van der Waals surface area contributed by atoms with E-state index in [0.29, 0.717) is 16.6 Å². The average Bonchev–Trinajstić information content (AvgIpc) is 2.09. The molecule has 0 aromatic heterocycles. The molecular weight excluding hydrogens is 182 g/mol. The molecule has 0 saturated heterocycles. The summed E-state index contributed by atoms with van der Waals surface area (Å²) in [6, 6.07) is 6.01. The Morgan fingerprint density at radius 2 is 2.15 bits per heavy atom. The maximum absolute atomic E-state index is 5.86. The molecule has 2 unspecified atom stereocenters. The van der Waals surface area contributed by atoms with E-state index in [2.05, 4.69) is 13.0 Å². The normalized spacial score (nSPS) is 26.9. The van der Waals surface area contributed by atoms with Crippen LogP contribution in [0, 0.1) is 5.92 Å². The molecular formula is C11H14ClN. The first kappa shape index (κ1) is 8.89. The summed E-state index contributed by atoms with van der Waals surface area (Å²) in [7, 11) is 0. The van der Waals surface area contributed by atoms with Crippen molar-refractivity contribution in [3.05, 3.63) is 28.8 Å². The van der Waals surface area contributed by atoms with Crippen LogP contribution in [0.2, 0.25) is 5.02 Å². The maximum atomic E-state index is 5.86. The molecule has 2 rings (SSSR count). The first-order chi connectivity index (χ1) is 6.18. The monoisotopic (exact) mass is 195 g/mol. The lowest BCUT2D eigenvalue weighted by Gasteiger charge is -2.34. The van der Waals surface area contributed by atoms with Crippen LogP contribution in [0.4, 0.5) is 5.69 Å². The van der Waals surface area contributed by atoms with Gasteiger partial charge in [0.05, 0.1) is 10.7 Å². The standard InChI is InChI=1S/C11H14ClN/c1-7-2-4-9(7)8-3-5-10(12)11(13)6-8/h3,5-7,9H,2,4,13H2,1H3. The maximum Gasteiger partial charge on any atom is 0.0635 e. The smallest absolute Gasteiger partial charge is 0.0635 e. The fourth-order valence-corrected chi connectivity index (χ4v) is 2.07. The lowest BCUT2D eigenvalue weighted by Crippen LogP contribution is -2.20. The molecule has 0 heterocycles. The Hall–Kier alpha value is -0.690. The Kier molecular flexibility index (Phi) is 2.20. The first-order valence-corrected chi connectivity index (χ1v) is 5.11. The van der Waals surface area contributed by atoms with Gasteiger partial charge in [-0.25, -0.2) is 0 Å². The van der Waals surface area contributed by atoms with E-state index < -0.39 is 0 Å². The summed E-state index contributed by atoms with van der Waals surface area (Å²) in [6.45, 7) is 2.29. The van der Waals surface area contributed by atoms with Crippen LogP contribution in [0.25, 0.3) is 0 Å². The molecule has 1 aromatic rings. The molecule has 70 valence electrons. The fraction of sp³-hybridized carbons (Fsp3) is 0.455. The van der Waals surface area contributed by atoms with Gasteiger partial charge in [0.25, 0.3) is 0 Å². The molecule has 0 aliphatic heterocycles. The van der Waals surface area contributed by atoms with Crippen molar-refractivity contribution in [2.24, 2.45) is 5.92 Å². The highest BCUT2D eigenvalue weighted by Crippen LogP contribution is 2.42. The van der Waals surface area contributed by atoms with Crippen molar-refractivity contribution >= 4 is 17.3 Å². The summed E-state index contributed by atoms with van der Waals surface area (Å²) in [5.41, 5.74) is 7.81. The van der Waals surface area contributed by atoms with Crippen LogP contribution in [0.5, 0.6) is 0 Å². The second kappa shape index (κ2) is 3.22. The molecule has 2 heteroatoms. The SMILES string of the molecule is CC1CCC1c1ccc(Cl)c(N)c1. The number of halogens is 1. The number of benzene rings is 1. The molecule has 0 amide bonds. The summed E-state index contributed by atoms with van der Waals surface area (Å²) >= 11 is 5.86. The lowest BCUT2D eigenvalue weighted by molar-refractivity contribution is 0.280. The predicted octanol–water partition coefficient (Wildman–Crippen LogP) is 3.44. The van der Waals surface area contributed by atoms with E-state index in [1.165, 1.54) is 18.4 Å². The quantitative estimate of drug-likeness (QED) is 0.683. The summed E-state index contributed by atoms with van der Waals surface area (Å²) < 4.78 is 0. The Balaban J connectivity index is 2.26. The summed E-state index contributed by atoms with van der Waals surface area (Å²) in [4.78, 5) is 0. The molecule has 0 radical (unpaired) electrons. The van der Waals surface area contributed by atoms with E-state index >= 15 is 0 Å². The lowest BCUT2D eigenvalue weighted by atomic mass is 9.71. The van der Waals surface area contributed by atoms with Crippen LogP contribution < -0.4 is 5.73 Å². The van der Waals surface area contributed by atoms with Gasteiger partial charge in [0.1, 0.15) is 0 Å². The van der Waals surface area contributed by atoms with Crippen molar-refractivity contribution in [1.29, 1.82) is 0 Å².